The van der Waals surface area contributed by atoms with Gasteiger partial charge in [-0.1, -0.05) is 58.4 Å². The van der Waals surface area contributed by atoms with Crippen molar-refractivity contribution >= 4 is 33.6 Å². The molecule has 0 aliphatic heterocycles. The molecule has 3 aromatic carbocycles. The Hall–Kier alpha value is -3.36. The van der Waals surface area contributed by atoms with Gasteiger partial charge in [-0.2, -0.15) is 0 Å². The number of benzene rings is 3. The number of aliphatic carboxylic acids is 1. The molecule has 1 atom stereocenters. The third-order valence-corrected chi connectivity index (χ3v) is 6.52. The second-order valence-electron chi connectivity index (χ2n) is 8.85. The number of nitrogens with one attached hydrogen (secondary N) is 1. The Labute approximate surface area is 232 Å². The molecule has 2 amide bonds. The molecule has 0 spiro atoms. The Bertz CT molecular complexity index is 1120. The SMILES string of the molecule is CCOC(Cc1ccc(OCCN(CCCCc2ccccc2)C(=O)Nc2ccc(Br)cc2)cc1)C(=O)O. The largest absolute Gasteiger partial charge is 0.492 e. The van der Waals surface area contributed by atoms with Gasteiger partial charge in [0.15, 0.2) is 6.10 Å². The third kappa shape index (κ3) is 10.2. The molecule has 0 aliphatic carbocycles. The van der Waals surface area contributed by atoms with E-state index in [0.717, 1.165) is 35.0 Å². The number of carboxylic acids is 1. The number of halogens is 1. The molecule has 0 bridgehead atoms. The van der Waals surface area contributed by atoms with E-state index in [1.807, 2.05) is 66.7 Å². The van der Waals surface area contributed by atoms with Crippen LogP contribution < -0.4 is 10.1 Å². The first kappa shape index (κ1) is 29.2. The fourth-order valence-corrected chi connectivity index (χ4v) is 4.22. The van der Waals surface area contributed by atoms with Crippen LogP contribution in [0.3, 0.4) is 0 Å². The second-order valence-corrected chi connectivity index (χ2v) is 9.76. The number of urea groups is 1. The summed E-state index contributed by atoms with van der Waals surface area (Å²) in [6, 6.07) is 25.0. The standard InChI is InChI=1S/C30H35BrN2O5/c1-2-37-28(29(34)35)22-24-11-17-27(18-12-24)38-21-20-33(19-7-6-10-23-8-4-3-5-9-23)30(36)32-26-15-13-25(31)14-16-26/h3-5,8-9,11-18,28H,2,6-7,10,19-22H2,1H3,(H,32,36)(H,34,35). The number of carboxylic acid groups (broad SMARTS) is 1. The van der Waals surface area contributed by atoms with Gasteiger partial charge in [-0.05, 0) is 73.7 Å². The van der Waals surface area contributed by atoms with Gasteiger partial charge in [0.05, 0.1) is 6.54 Å². The summed E-state index contributed by atoms with van der Waals surface area (Å²) in [4.78, 5) is 26.2. The first-order valence-electron chi connectivity index (χ1n) is 12.9. The molecule has 8 heteroatoms. The van der Waals surface area contributed by atoms with Crippen molar-refractivity contribution in [2.75, 3.05) is 31.6 Å². The Morgan fingerprint density at radius 1 is 0.921 bits per heavy atom. The van der Waals surface area contributed by atoms with Gasteiger partial charge in [0.1, 0.15) is 12.4 Å². The number of anilines is 1. The second kappa shape index (κ2) is 15.8. The maximum absolute atomic E-state index is 13.0. The van der Waals surface area contributed by atoms with Crippen molar-refractivity contribution in [1.29, 1.82) is 0 Å². The zero-order valence-electron chi connectivity index (χ0n) is 21.6. The summed E-state index contributed by atoms with van der Waals surface area (Å²) in [6.07, 6.45) is 2.25. The lowest BCUT2D eigenvalue weighted by atomic mass is 10.1. The van der Waals surface area contributed by atoms with Crippen molar-refractivity contribution in [3.8, 4) is 5.75 Å². The van der Waals surface area contributed by atoms with Crippen molar-refractivity contribution in [3.05, 3.63) is 94.5 Å². The summed E-state index contributed by atoms with van der Waals surface area (Å²) in [7, 11) is 0. The fraction of sp³-hybridized carbons (Fsp3) is 0.333. The van der Waals surface area contributed by atoms with E-state index in [1.54, 1.807) is 11.8 Å². The molecule has 3 aromatic rings. The number of aryl methyl sites for hydroxylation is 1. The van der Waals surface area contributed by atoms with Gasteiger partial charge in [0, 0.05) is 29.7 Å². The van der Waals surface area contributed by atoms with Crippen LogP contribution in [0.2, 0.25) is 0 Å². The van der Waals surface area contributed by atoms with Crippen molar-refractivity contribution in [2.24, 2.45) is 0 Å². The van der Waals surface area contributed by atoms with Crippen LogP contribution in [0, 0.1) is 0 Å². The third-order valence-electron chi connectivity index (χ3n) is 5.99. The van der Waals surface area contributed by atoms with E-state index < -0.39 is 12.1 Å². The minimum Gasteiger partial charge on any atom is -0.492 e. The summed E-state index contributed by atoms with van der Waals surface area (Å²) in [5, 5.41) is 12.3. The number of hydrogen-bond donors (Lipinski definition) is 2. The predicted molar refractivity (Wildman–Crippen MR) is 153 cm³/mol. The Balaban J connectivity index is 1.53. The summed E-state index contributed by atoms with van der Waals surface area (Å²) in [5.41, 5.74) is 2.88. The lowest BCUT2D eigenvalue weighted by molar-refractivity contribution is -0.149. The number of hydrogen-bond acceptors (Lipinski definition) is 4. The quantitative estimate of drug-likeness (QED) is 0.202. The van der Waals surface area contributed by atoms with Crippen LogP contribution in [-0.2, 0) is 22.4 Å². The smallest absolute Gasteiger partial charge is 0.333 e. The van der Waals surface area contributed by atoms with Gasteiger partial charge in [-0.15, -0.1) is 0 Å². The van der Waals surface area contributed by atoms with Crippen LogP contribution in [-0.4, -0.2) is 54.4 Å². The predicted octanol–water partition coefficient (Wildman–Crippen LogP) is 6.42. The summed E-state index contributed by atoms with van der Waals surface area (Å²) < 4.78 is 12.1. The molecule has 0 aliphatic rings. The van der Waals surface area contributed by atoms with E-state index in [0.29, 0.717) is 32.1 Å². The molecule has 3 rings (SSSR count). The Morgan fingerprint density at radius 2 is 1.63 bits per heavy atom. The van der Waals surface area contributed by atoms with E-state index in [-0.39, 0.29) is 12.5 Å². The first-order chi connectivity index (χ1) is 18.4. The zero-order valence-corrected chi connectivity index (χ0v) is 23.2. The maximum Gasteiger partial charge on any atom is 0.333 e. The van der Waals surface area contributed by atoms with Gasteiger partial charge in [0.25, 0.3) is 0 Å². The average molecular weight is 584 g/mol. The van der Waals surface area contributed by atoms with Gasteiger partial charge in [0.2, 0.25) is 0 Å². The van der Waals surface area contributed by atoms with Gasteiger partial charge >= 0.3 is 12.0 Å². The van der Waals surface area contributed by atoms with Crippen molar-refractivity contribution in [1.82, 2.24) is 4.90 Å². The molecule has 0 aromatic heterocycles. The highest BCUT2D eigenvalue weighted by Crippen LogP contribution is 2.17. The lowest BCUT2D eigenvalue weighted by Crippen LogP contribution is -2.38. The van der Waals surface area contributed by atoms with Crippen LogP contribution in [0.4, 0.5) is 10.5 Å². The van der Waals surface area contributed by atoms with Crippen LogP contribution in [0.25, 0.3) is 0 Å². The number of amides is 2. The number of ether oxygens (including phenoxy) is 2. The van der Waals surface area contributed by atoms with E-state index in [4.69, 9.17) is 9.47 Å². The fourth-order valence-electron chi connectivity index (χ4n) is 3.96. The van der Waals surface area contributed by atoms with Crippen LogP contribution in [0.15, 0.2) is 83.3 Å². The number of unbranched alkanes of at least 4 members (excludes halogenated alkanes) is 1. The number of carbonyl (C=O) groups excluding carboxylic acids is 1. The number of nitrogens with zero attached hydrogens (tertiary/aromatic N) is 1. The highest BCUT2D eigenvalue weighted by molar-refractivity contribution is 9.10. The Morgan fingerprint density at radius 3 is 2.29 bits per heavy atom. The molecule has 202 valence electrons. The van der Waals surface area contributed by atoms with Crippen molar-refractivity contribution in [3.63, 3.8) is 0 Å². The van der Waals surface area contributed by atoms with Crippen molar-refractivity contribution < 1.29 is 24.2 Å². The Kier molecular flexibility index (Phi) is 12.1. The molecule has 0 fully saturated rings. The molecular weight excluding hydrogens is 548 g/mol. The van der Waals surface area contributed by atoms with Crippen molar-refractivity contribution in [2.45, 2.75) is 38.7 Å². The molecule has 38 heavy (non-hydrogen) atoms. The molecule has 7 nitrogen and oxygen atoms in total. The molecule has 0 radical (unpaired) electrons. The van der Waals surface area contributed by atoms with Gasteiger partial charge < -0.3 is 24.8 Å². The van der Waals surface area contributed by atoms with Crippen LogP contribution in [0.5, 0.6) is 5.75 Å². The van der Waals surface area contributed by atoms with E-state index >= 15 is 0 Å². The summed E-state index contributed by atoms with van der Waals surface area (Å²) in [6.45, 7) is 3.50. The molecule has 2 N–H and O–H groups in total. The summed E-state index contributed by atoms with van der Waals surface area (Å²) in [5.74, 6) is -0.313. The number of carbonyl (C=O) groups is 2. The zero-order chi connectivity index (χ0) is 27.2. The summed E-state index contributed by atoms with van der Waals surface area (Å²) >= 11 is 3.42. The van der Waals surface area contributed by atoms with Gasteiger partial charge in [-0.3, -0.25) is 0 Å². The minimum absolute atomic E-state index is 0.165. The van der Waals surface area contributed by atoms with E-state index in [9.17, 15) is 14.7 Å². The molecule has 1 unspecified atom stereocenters. The number of rotatable bonds is 15. The average Bonchev–Trinajstić information content (AvgIpc) is 2.92. The monoisotopic (exact) mass is 582 g/mol. The molecular formula is C30H35BrN2O5. The highest BCUT2D eigenvalue weighted by Gasteiger charge is 2.18. The topological polar surface area (TPSA) is 88.1 Å². The van der Waals surface area contributed by atoms with E-state index in [1.165, 1.54) is 5.56 Å². The highest BCUT2D eigenvalue weighted by atomic mass is 79.9. The molecule has 0 saturated carbocycles. The minimum atomic E-state index is -0.975. The lowest BCUT2D eigenvalue weighted by Gasteiger charge is -2.23. The van der Waals surface area contributed by atoms with Crippen LogP contribution >= 0.6 is 15.9 Å². The molecule has 0 heterocycles. The first-order valence-corrected chi connectivity index (χ1v) is 13.7. The maximum atomic E-state index is 13.0. The normalized spacial score (nSPS) is 11.5. The van der Waals surface area contributed by atoms with Crippen LogP contribution in [0.1, 0.15) is 30.9 Å². The van der Waals surface area contributed by atoms with Gasteiger partial charge in [-0.25, -0.2) is 9.59 Å². The molecule has 0 saturated heterocycles. The van der Waals surface area contributed by atoms with E-state index in [2.05, 4.69) is 33.4 Å².